The molecular weight excluding hydrogens is 457 g/mol. The molecule has 0 aromatic carbocycles. The number of aliphatic carboxylic acids is 3. The summed E-state index contributed by atoms with van der Waals surface area (Å²) in [4.78, 5) is 30.1. The molecule has 35 heavy (non-hydrogen) atoms. The molecule has 0 heterocycles. The Morgan fingerprint density at radius 1 is 0.600 bits per heavy atom. The van der Waals surface area contributed by atoms with Crippen molar-refractivity contribution >= 4 is 17.9 Å². The number of carbonyl (C=O) groups excluding carboxylic acids is 1. The van der Waals surface area contributed by atoms with Crippen LogP contribution in [0.2, 0.25) is 0 Å². The molecule has 0 aliphatic rings. The van der Waals surface area contributed by atoms with Crippen LogP contribution < -0.4 is 40.4 Å². The van der Waals surface area contributed by atoms with E-state index in [1.807, 2.05) is 0 Å². The molecule has 0 aliphatic carbocycles. The van der Waals surface area contributed by atoms with Gasteiger partial charge in [0.1, 0.15) is 0 Å². The first-order chi connectivity index (χ1) is 16.3. The summed E-state index contributed by atoms with van der Waals surface area (Å²) in [7, 11) is 0. The van der Waals surface area contributed by atoms with Gasteiger partial charge in [0.05, 0.1) is 5.97 Å². The molecule has 0 saturated carbocycles. The Labute approximate surface area is 236 Å². The first kappa shape index (κ1) is 38.9. The average Bonchev–Trinajstić information content (AvgIpc) is 2.79. The molecule has 0 aromatic heterocycles. The van der Waals surface area contributed by atoms with Crippen molar-refractivity contribution in [1.29, 1.82) is 0 Å². The quantitative estimate of drug-likeness (QED) is 0.134. The van der Waals surface area contributed by atoms with E-state index in [2.05, 4.69) is 6.92 Å². The van der Waals surface area contributed by atoms with E-state index in [-0.39, 0.29) is 42.4 Å². The van der Waals surface area contributed by atoms with Crippen molar-refractivity contribution in [3.63, 3.8) is 0 Å². The summed E-state index contributed by atoms with van der Waals surface area (Å²) < 4.78 is 0. The van der Waals surface area contributed by atoms with Crippen LogP contribution in [0.15, 0.2) is 0 Å². The fourth-order valence-corrected chi connectivity index (χ4v) is 3.75. The number of hydrogen-bond acceptors (Lipinski definition) is 5. The van der Waals surface area contributed by atoms with Gasteiger partial charge in [-0.3, -0.25) is 9.59 Å². The van der Waals surface area contributed by atoms with Crippen LogP contribution in [0.5, 0.6) is 0 Å². The van der Waals surface area contributed by atoms with Crippen LogP contribution in [0.25, 0.3) is 0 Å². The van der Waals surface area contributed by atoms with Gasteiger partial charge in [0.2, 0.25) is 0 Å². The largest absolute Gasteiger partial charge is 1.00 e. The molecule has 0 aromatic rings. The Bertz CT molecular complexity index is 490. The summed E-state index contributed by atoms with van der Waals surface area (Å²) in [5.74, 6) is -3.13. The Balaban J connectivity index is -0.000000784. The Hall–Kier alpha value is -0.630. The molecule has 0 amide bonds. The van der Waals surface area contributed by atoms with Gasteiger partial charge in [0.15, 0.2) is 0 Å². The van der Waals surface area contributed by atoms with Crippen LogP contribution in [0.3, 0.4) is 0 Å². The maximum Gasteiger partial charge on any atom is 1.00 e. The molecule has 1 atom stereocenters. The van der Waals surface area contributed by atoms with Crippen molar-refractivity contribution in [2.24, 2.45) is 5.73 Å². The topological polar surface area (TPSA) is 141 Å². The van der Waals surface area contributed by atoms with Gasteiger partial charge >= 0.3 is 41.5 Å². The van der Waals surface area contributed by atoms with Gasteiger partial charge in [-0.1, -0.05) is 122 Å². The zero-order valence-electron chi connectivity index (χ0n) is 22.7. The second-order valence-electron chi connectivity index (χ2n) is 9.37. The van der Waals surface area contributed by atoms with Crippen molar-refractivity contribution in [2.75, 3.05) is 0 Å². The normalized spacial score (nSPS) is 11.1. The minimum atomic E-state index is -1.42. The molecular formula is C27H52NNaO6. The zero-order chi connectivity index (χ0) is 25.9. The predicted octanol–water partition coefficient (Wildman–Crippen LogP) is 2.83. The summed E-state index contributed by atoms with van der Waals surface area (Å²) in [5, 5.41) is 26.5. The third-order valence-electron chi connectivity index (χ3n) is 5.97. The Morgan fingerprint density at radius 2 is 0.886 bits per heavy atom. The molecule has 4 N–H and O–H groups in total. The standard InChI is InChI=1S/C22H44O2.C5H9NO4.Na/c1-2-3-4-5-6-7-8-9-10-11-12-13-14-15-16-17-18-19-20-21-22(23)24;6-3(5(9)10)1-2-4(7)8;/h2-21H2,1H3,(H,23,24);3H,1-2,6H2,(H,7,8)(H,9,10);/q;;+1/p-1/t;3-;/m.0./s1. The van der Waals surface area contributed by atoms with Crippen molar-refractivity contribution in [3.05, 3.63) is 0 Å². The molecule has 8 heteroatoms. The monoisotopic (exact) mass is 509 g/mol. The zero-order valence-corrected chi connectivity index (χ0v) is 24.7. The minimum Gasteiger partial charge on any atom is -0.548 e. The number of nitrogens with two attached hydrogens (primary N) is 1. The van der Waals surface area contributed by atoms with E-state index in [9.17, 15) is 19.5 Å². The summed E-state index contributed by atoms with van der Waals surface area (Å²) in [6, 6.07) is -1.17. The Kier molecular flexibility index (Phi) is 34.9. The van der Waals surface area contributed by atoms with Crippen LogP contribution in [0.1, 0.15) is 148 Å². The average molecular weight is 510 g/mol. The van der Waals surface area contributed by atoms with E-state index >= 15 is 0 Å². The van der Waals surface area contributed by atoms with Gasteiger partial charge in [0, 0.05) is 18.9 Å². The second-order valence-corrected chi connectivity index (χ2v) is 9.37. The molecule has 0 fully saturated rings. The predicted molar refractivity (Wildman–Crippen MR) is 136 cm³/mol. The molecule has 0 radical (unpaired) electrons. The fourth-order valence-electron chi connectivity index (χ4n) is 3.75. The van der Waals surface area contributed by atoms with Crippen molar-refractivity contribution in [1.82, 2.24) is 0 Å². The van der Waals surface area contributed by atoms with E-state index in [0.29, 0.717) is 6.42 Å². The van der Waals surface area contributed by atoms with E-state index in [4.69, 9.17) is 15.9 Å². The minimum absolute atomic E-state index is 0. The summed E-state index contributed by atoms with van der Waals surface area (Å²) >= 11 is 0. The van der Waals surface area contributed by atoms with Gasteiger partial charge in [-0.05, 0) is 12.8 Å². The first-order valence-electron chi connectivity index (χ1n) is 13.7. The third-order valence-corrected chi connectivity index (χ3v) is 5.97. The van der Waals surface area contributed by atoms with Crippen LogP contribution in [0, 0.1) is 0 Å². The number of carbonyl (C=O) groups is 3. The van der Waals surface area contributed by atoms with Gasteiger partial charge in [0.25, 0.3) is 0 Å². The Morgan fingerprint density at radius 3 is 1.14 bits per heavy atom. The number of carboxylic acid groups (broad SMARTS) is 3. The number of hydrogen-bond donors (Lipinski definition) is 3. The van der Waals surface area contributed by atoms with Crippen molar-refractivity contribution in [2.45, 2.75) is 154 Å². The SMILES string of the molecule is CCCCCCCCCCCCCCCCCCCCCC(=O)O.N[C@@H](CCC(=O)O)C(=O)[O-].[Na+]. The molecule has 0 unspecified atom stereocenters. The summed E-state index contributed by atoms with van der Waals surface area (Å²) in [5.41, 5.74) is 4.94. The molecule has 0 bridgehead atoms. The maximum absolute atomic E-state index is 10.4. The summed E-state index contributed by atoms with van der Waals surface area (Å²) in [6.45, 7) is 2.28. The number of rotatable bonds is 24. The van der Waals surface area contributed by atoms with Crippen LogP contribution >= 0.6 is 0 Å². The number of carboxylic acids is 3. The van der Waals surface area contributed by atoms with Crippen LogP contribution in [-0.2, 0) is 14.4 Å². The van der Waals surface area contributed by atoms with E-state index < -0.39 is 23.9 Å². The molecule has 7 nitrogen and oxygen atoms in total. The van der Waals surface area contributed by atoms with Crippen LogP contribution in [0.4, 0.5) is 0 Å². The first-order valence-corrected chi connectivity index (χ1v) is 13.7. The van der Waals surface area contributed by atoms with Crippen molar-refractivity contribution < 1.29 is 59.3 Å². The van der Waals surface area contributed by atoms with Crippen molar-refractivity contribution in [3.8, 4) is 0 Å². The van der Waals surface area contributed by atoms with E-state index in [1.165, 1.54) is 109 Å². The summed E-state index contributed by atoms with van der Waals surface area (Å²) in [6.07, 6.45) is 25.8. The third kappa shape index (κ3) is 38.1. The maximum atomic E-state index is 10.4. The molecule has 0 rings (SSSR count). The molecule has 202 valence electrons. The van der Waals surface area contributed by atoms with E-state index in [1.54, 1.807) is 0 Å². The smallest absolute Gasteiger partial charge is 0.548 e. The van der Waals surface area contributed by atoms with Gasteiger partial charge in [-0.15, -0.1) is 0 Å². The molecule has 0 aliphatic heterocycles. The second kappa shape index (κ2) is 31.4. The van der Waals surface area contributed by atoms with Gasteiger partial charge < -0.3 is 25.8 Å². The van der Waals surface area contributed by atoms with Gasteiger partial charge in [-0.2, -0.15) is 0 Å². The van der Waals surface area contributed by atoms with Crippen LogP contribution in [-0.4, -0.2) is 34.2 Å². The molecule has 0 saturated heterocycles. The number of unbranched alkanes of at least 4 members (excludes halogenated alkanes) is 18. The van der Waals surface area contributed by atoms with Gasteiger partial charge in [-0.25, -0.2) is 0 Å². The van der Waals surface area contributed by atoms with E-state index in [0.717, 1.165) is 12.8 Å². The fraction of sp³-hybridized carbons (Fsp3) is 0.889. The molecule has 0 spiro atoms.